The fourth-order valence-electron chi connectivity index (χ4n) is 7.60. The molecule has 0 N–H and O–H groups in total. The van der Waals surface area contributed by atoms with Crippen LogP contribution in [0.4, 0.5) is 0 Å². The number of imidazole rings is 1. The van der Waals surface area contributed by atoms with Crippen molar-refractivity contribution in [2.75, 3.05) is 0 Å². The molecule has 0 amide bonds. The standard InChI is InChI=1S/C46H42N2S/c1-31(2)36-23-15-16-24-37(36)41-29-40(43(49-41)46(5)30-45(46,3)4)44-47-25-26-48(44)42-38(33-19-11-7-12-20-33)27-35(32-17-9-6-10-18-32)28-39(42)34-21-13-8-14-22-34/h6-29,31H,30H2,1-5H3. The Hall–Kier alpha value is -4.99. The van der Waals surface area contributed by atoms with E-state index in [9.17, 15) is 0 Å². The maximum Gasteiger partial charge on any atom is 0.145 e. The van der Waals surface area contributed by atoms with E-state index in [0.717, 1.165) is 17.9 Å². The third-order valence-electron chi connectivity index (χ3n) is 10.8. The van der Waals surface area contributed by atoms with Crippen LogP contribution in [0.5, 0.6) is 0 Å². The number of hydrogen-bond donors (Lipinski definition) is 0. The SMILES string of the molecule is CC(C)c1ccccc1-c1cc(-c2nccn2-c2c(-c3ccccc3)cc(-c3ccccc3)cc2-c2ccccc2)c(C2(C)CC2(C)C)s1. The molecule has 1 aliphatic carbocycles. The van der Waals surface area contributed by atoms with Gasteiger partial charge in [-0.2, -0.15) is 0 Å². The van der Waals surface area contributed by atoms with E-state index < -0.39 is 0 Å². The number of aromatic nitrogens is 2. The van der Waals surface area contributed by atoms with E-state index in [1.54, 1.807) is 0 Å². The molecule has 1 fully saturated rings. The van der Waals surface area contributed by atoms with E-state index in [1.807, 2.05) is 17.5 Å². The zero-order chi connectivity index (χ0) is 33.8. The first kappa shape index (κ1) is 31.3. The molecule has 0 spiro atoms. The number of thiophene rings is 1. The predicted molar refractivity (Wildman–Crippen MR) is 208 cm³/mol. The zero-order valence-corrected chi connectivity index (χ0v) is 29.8. The third kappa shape index (κ3) is 5.47. The van der Waals surface area contributed by atoms with Gasteiger partial charge in [0.15, 0.2) is 0 Å². The molecule has 2 heterocycles. The van der Waals surface area contributed by atoms with Crippen LogP contribution in [0, 0.1) is 5.41 Å². The van der Waals surface area contributed by atoms with Crippen molar-refractivity contribution in [2.24, 2.45) is 5.41 Å². The molecule has 49 heavy (non-hydrogen) atoms. The Kier molecular flexibility index (Phi) is 7.76. The first-order valence-electron chi connectivity index (χ1n) is 17.4. The molecule has 0 radical (unpaired) electrons. The van der Waals surface area contributed by atoms with Gasteiger partial charge in [0.05, 0.1) is 5.69 Å². The number of rotatable bonds is 8. The normalized spacial score (nSPS) is 16.6. The summed E-state index contributed by atoms with van der Waals surface area (Å²) in [6.07, 6.45) is 5.30. The van der Waals surface area contributed by atoms with Gasteiger partial charge in [-0.25, -0.2) is 4.98 Å². The molecule has 2 aromatic heterocycles. The van der Waals surface area contributed by atoms with Crippen LogP contribution in [-0.2, 0) is 5.41 Å². The van der Waals surface area contributed by atoms with E-state index in [2.05, 4.69) is 179 Å². The Morgan fingerprint density at radius 1 is 0.612 bits per heavy atom. The molecule has 0 aliphatic heterocycles. The summed E-state index contributed by atoms with van der Waals surface area (Å²) >= 11 is 1.97. The van der Waals surface area contributed by atoms with Crippen molar-refractivity contribution in [3.63, 3.8) is 0 Å². The zero-order valence-electron chi connectivity index (χ0n) is 28.9. The van der Waals surface area contributed by atoms with Crippen LogP contribution in [0.2, 0.25) is 0 Å². The lowest BCUT2D eigenvalue weighted by Gasteiger charge is -2.22. The molecule has 8 rings (SSSR count). The van der Waals surface area contributed by atoms with E-state index in [0.29, 0.717) is 5.92 Å². The molecule has 2 nitrogen and oxygen atoms in total. The summed E-state index contributed by atoms with van der Waals surface area (Å²) in [5.74, 6) is 1.43. The lowest BCUT2D eigenvalue weighted by molar-refractivity contribution is 0.535. The first-order valence-corrected chi connectivity index (χ1v) is 18.2. The molecule has 1 saturated carbocycles. The van der Waals surface area contributed by atoms with Gasteiger partial charge in [-0.1, -0.05) is 150 Å². The minimum atomic E-state index is 0.0799. The Bertz CT molecular complexity index is 2200. The minimum Gasteiger partial charge on any atom is -0.299 e. The Morgan fingerprint density at radius 2 is 1.14 bits per heavy atom. The van der Waals surface area contributed by atoms with E-state index >= 15 is 0 Å². The molecule has 1 unspecified atom stereocenters. The lowest BCUT2D eigenvalue weighted by atomic mass is 9.90. The van der Waals surface area contributed by atoms with Crippen molar-refractivity contribution in [3.05, 3.63) is 156 Å². The lowest BCUT2D eigenvalue weighted by Crippen LogP contribution is -2.10. The van der Waals surface area contributed by atoms with Crippen molar-refractivity contribution < 1.29 is 0 Å². The molecular formula is C46H42N2S. The van der Waals surface area contributed by atoms with Gasteiger partial charge >= 0.3 is 0 Å². The van der Waals surface area contributed by atoms with Crippen LogP contribution in [-0.4, -0.2) is 9.55 Å². The van der Waals surface area contributed by atoms with Gasteiger partial charge in [0.25, 0.3) is 0 Å². The Balaban J connectivity index is 1.42. The number of benzene rings is 5. The van der Waals surface area contributed by atoms with Gasteiger partial charge in [-0.15, -0.1) is 11.3 Å². The maximum atomic E-state index is 5.20. The maximum absolute atomic E-state index is 5.20. The largest absolute Gasteiger partial charge is 0.299 e. The second-order valence-electron chi connectivity index (χ2n) is 14.6. The highest BCUT2D eigenvalue weighted by Crippen LogP contribution is 2.67. The van der Waals surface area contributed by atoms with Crippen LogP contribution in [0.3, 0.4) is 0 Å². The van der Waals surface area contributed by atoms with Crippen LogP contribution in [0.1, 0.15) is 57.4 Å². The van der Waals surface area contributed by atoms with Crippen molar-refractivity contribution >= 4 is 11.3 Å². The average molecular weight is 655 g/mol. The molecule has 1 aliphatic rings. The second-order valence-corrected chi connectivity index (χ2v) is 15.7. The fraction of sp³-hybridized carbons (Fsp3) is 0.196. The van der Waals surface area contributed by atoms with Gasteiger partial charge in [0, 0.05) is 44.3 Å². The van der Waals surface area contributed by atoms with Crippen LogP contribution < -0.4 is 0 Å². The highest BCUT2D eigenvalue weighted by Gasteiger charge is 2.60. The van der Waals surface area contributed by atoms with Gasteiger partial charge in [0.2, 0.25) is 0 Å². The summed E-state index contributed by atoms with van der Waals surface area (Å²) in [5.41, 5.74) is 12.5. The van der Waals surface area contributed by atoms with Crippen molar-refractivity contribution in [1.82, 2.24) is 9.55 Å². The fourth-order valence-corrected chi connectivity index (χ4v) is 9.13. The summed E-state index contributed by atoms with van der Waals surface area (Å²) in [6, 6.07) is 48.4. The molecule has 5 aromatic carbocycles. The van der Waals surface area contributed by atoms with Gasteiger partial charge in [0.1, 0.15) is 5.82 Å². The number of nitrogens with zero attached hydrogens (tertiary/aromatic N) is 2. The van der Waals surface area contributed by atoms with Gasteiger partial charge in [-0.05, 0) is 69.3 Å². The van der Waals surface area contributed by atoms with Crippen LogP contribution in [0.25, 0.3) is 60.9 Å². The van der Waals surface area contributed by atoms with Crippen molar-refractivity contribution in [1.29, 1.82) is 0 Å². The number of hydrogen-bond acceptors (Lipinski definition) is 2. The van der Waals surface area contributed by atoms with Gasteiger partial charge < -0.3 is 0 Å². The monoisotopic (exact) mass is 654 g/mol. The molecular weight excluding hydrogens is 613 g/mol. The second kappa shape index (κ2) is 12.2. The summed E-state index contributed by atoms with van der Waals surface area (Å²) in [7, 11) is 0. The summed E-state index contributed by atoms with van der Waals surface area (Å²) in [4.78, 5) is 7.95. The van der Waals surface area contributed by atoms with Crippen molar-refractivity contribution in [2.45, 2.75) is 52.4 Å². The Labute approximate surface area is 294 Å². The molecule has 0 saturated heterocycles. The highest BCUT2D eigenvalue weighted by atomic mass is 32.1. The molecule has 7 aromatic rings. The molecule has 1 atom stereocenters. The third-order valence-corrected chi connectivity index (χ3v) is 12.2. The quantitative estimate of drug-likeness (QED) is 0.159. The molecule has 3 heteroatoms. The van der Waals surface area contributed by atoms with Crippen LogP contribution in [0.15, 0.2) is 146 Å². The average Bonchev–Trinajstić information content (AvgIpc) is 3.53. The smallest absolute Gasteiger partial charge is 0.145 e. The predicted octanol–water partition coefficient (Wildman–Crippen LogP) is 13.1. The first-order chi connectivity index (χ1) is 23.7. The summed E-state index contributed by atoms with van der Waals surface area (Å²) < 4.78 is 2.36. The van der Waals surface area contributed by atoms with Gasteiger partial charge in [-0.3, -0.25) is 4.57 Å². The van der Waals surface area contributed by atoms with E-state index in [-0.39, 0.29) is 10.8 Å². The van der Waals surface area contributed by atoms with E-state index in [4.69, 9.17) is 4.98 Å². The molecule has 242 valence electrons. The topological polar surface area (TPSA) is 17.8 Å². The van der Waals surface area contributed by atoms with Crippen LogP contribution >= 0.6 is 11.3 Å². The summed E-state index contributed by atoms with van der Waals surface area (Å²) in [6.45, 7) is 11.9. The molecule has 0 bridgehead atoms. The highest BCUT2D eigenvalue weighted by molar-refractivity contribution is 7.16. The summed E-state index contributed by atoms with van der Waals surface area (Å²) in [5, 5.41) is 0. The minimum absolute atomic E-state index is 0.0799. The Morgan fingerprint density at radius 3 is 1.69 bits per heavy atom. The van der Waals surface area contributed by atoms with E-state index in [1.165, 1.54) is 59.8 Å². The van der Waals surface area contributed by atoms with Crippen molar-refractivity contribution in [3.8, 4) is 60.9 Å².